The molecule has 18 heavy (non-hydrogen) atoms. The second-order valence-electron chi connectivity index (χ2n) is 3.65. The van der Waals surface area contributed by atoms with Gasteiger partial charge in [0.2, 0.25) is 0 Å². The SMILES string of the molecule is O=S(=O)(O)c1c(-c2ccccc2)ccc(O)c1O. The molecule has 0 aliphatic rings. The Morgan fingerprint density at radius 2 is 1.50 bits per heavy atom. The van der Waals surface area contributed by atoms with Gasteiger partial charge in [-0.25, -0.2) is 0 Å². The number of hydrogen-bond donors (Lipinski definition) is 3. The first-order chi connectivity index (χ1) is 8.41. The molecule has 0 bridgehead atoms. The third-order valence-electron chi connectivity index (χ3n) is 2.45. The van der Waals surface area contributed by atoms with Crippen molar-refractivity contribution in [2.45, 2.75) is 4.90 Å². The van der Waals surface area contributed by atoms with Crippen LogP contribution in [0.1, 0.15) is 0 Å². The second kappa shape index (κ2) is 4.32. The van der Waals surface area contributed by atoms with Crippen LogP contribution in [-0.4, -0.2) is 23.2 Å². The predicted molar refractivity (Wildman–Crippen MR) is 65.0 cm³/mol. The van der Waals surface area contributed by atoms with Gasteiger partial charge in [-0.2, -0.15) is 8.42 Å². The Balaban J connectivity index is 2.82. The van der Waals surface area contributed by atoms with Crippen LogP contribution in [0.2, 0.25) is 0 Å². The number of phenolic OH excluding ortho intramolecular Hbond substituents is 2. The van der Waals surface area contributed by atoms with E-state index in [-0.39, 0.29) is 5.56 Å². The van der Waals surface area contributed by atoms with Crippen LogP contribution >= 0.6 is 0 Å². The molecular weight excluding hydrogens is 256 g/mol. The van der Waals surface area contributed by atoms with Crippen molar-refractivity contribution in [2.24, 2.45) is 0 Å². The summed E-state index contributed by atoms with van der Waals surface area (Å²) in [7, 11) is -4.64. The van der Waals surface area contributed by atoms with Crippen LogP contribution in [0.5, 0.6) is 11.5 Å². The average molecular weight is 266 g/mol. The summed E-state index contributed by atoms with van der Waals surface area (Å²) in [5, 5.41) is 18.9. The summed E-state index contributed by atoms with van der Waals surface area (Å²) in [5.41, 5.74) is 0.619. The van der Waals surface area contributed by atoms with Gasteiger partial charge in [-0.15, -0.1) is 0 Å². The fourth-order valence-corrected chi connectivity index (χ4v) is 2.48. The first-order valence-corrected chi connectivity index (χ1v) is 6.43. The Labute approximate surface area is 104 Å². The molecule has 5 nitrogen and oxygen atoms in total. The molecule has 2 aromatic rings. The first kappa shape index (κ1) is 12.4. The molecule has 0 atom stereocenters. The van der Waals surface area contributed by atoms with Gasteiger partial charge < -0.3 is 10.2 Å². The summed E-state index contributed by atoms with van der Waals surface area (Å²) in [6, 6.07) is 10.8. The van der Waals surface area contributed by atoms with Crippen LogP contribution in [0, 0.1) is 0 Å². The maximum atomic E-state index is 11.3. The van der Waals surface area contributed by atoms with Crippen molar-refractivity contribution in [1.29, 1.82) is 0 Å². The Morgan fingerprint density at radius 1 is 0.889 bits per heavy atom. The highest BCUT2D eigenvalue weighted by Gasteiger charge is 2.23. The van der Waals surface area contributed by atoms with Gasteiger partial charge in [0.15, 0.2) is 11.5 Å². The molecule has 2 rings (SSSR count). The Bertz CT molecular complexity index is 677. The first-order valence-electron chi connectivity index (χ1n) is 4.99. The quantitative estimate of drug-likeness (QED) is 0.571. The van der Waals surface area contributed by atoms with Crippen LogP contribution in [0.4, 0.5) is 0 Å². The Hall–Kier alpha value is -2.05. The highest BCUT2D eigenvalue weighted by molar-refractivity contribution is 7.86. The van der Waals surface area contributed by atoms with Crippen LogP contribution in [-0.2, 0) is 10.1 Å². The minimum Gasteiger partial charge on any atom is -0.504 e. The number of aromatic hydroxyl groups is 2. The summed E-state index contributed by atoms with van der Waals surface area (Å²) in [6.07, 6.45) is 0. The molecule has 94 valence electrons. The smallest absolute Gasteiger partial charge is 0.298 e. The van der Waals surface area contributed by atoms with Crippen molar-refractivity contribution in [3.05, 3.63) is 42.5 Å². The van der Waals surface area contributed by atoms with E-state index in [0.29, 0.717) is 5.56 Å². The van der Waals surface area contributed by atoms with Crippen molar-refractivity contribution >= 4 is 10.1 Å². The molecule has 0 unspecified atom stereocenters. The topological polar surface area (TPSA) is 94.8 Å². The number of phenols is 2. The number of benzene rings is 2. The zero-order valence-corrected chi connectivity index (χ0v) is 9.92. The summed E-state index contributed by atoms with van der Waals surface area (Å²) >= 11 is 0. The van der Waals surface area contributed by atoms with Gasteiger partial charge in [0.05, 0.1) is 0 Å². The number of hydrogen-bond acceptors (Lipinski definition) is 4. The molecule has 0 saturated heterocycles. The third kappa shape index (κ3) is 2.15. The standard InChI is InChI=1S/C12H10O5S/c13-10-7-6-9(8-4-2-1-3-5-8)12(11(10)14)18(15,16)17/h1-7,13-14H,(H,15,16,17). The van der Waals surface area contributed by atoms with Crippen molar-refractivity contribution in [3.8, 4) is 22.6 Å². The molecule has 0 spiro atoms. The predicted octanol–water partition coefficient (Wildman–Crippen LogP) is 2.01. The molecule has 2 aromatic carbocycles. The van der Waals surface area contributed by atoms with Crippen molar-refractivity contribution in [3.63, 3.8) is 0 Å². The minimum absolute atomic E-state index is 0.119. The van der Waals surface area contributed by atoms with E-state index < -0.39 is 26.5 Å². The van der Waals surface area contributed by atoms with E-state index >= 15 is 0 Å². The molecule has 0 amide bonds. The van der Waals surface area contributed by atoms with Gasteiger partial charge in [0.25, 0.3) is 10.1 Å². The van der Waals surface area contributed by atoms with Crippen LogP contribution in [0.3, 0.4) is 0 Å². The zero-order chi connectivity index (χ0) is 13.3. The maximum absolute atomic E-state index is 11.3. The fraction of sp³-hybridized carbons (Fsp3) is 0. The molecule has 0 aliphatic carbocycles. The highest BCUT2D eigenvalue weighted by Crippen LogP contribution is 2.39. The van der Waals surface area contributed by atoms with Gasteiger partial charge in [-0.05, 0) is 17.7 Å². The van der Waals surface area contributed by atoms with E-state index in [1.807, 2.05) is 0 Å². The van der Waals surface area contributed by atoms with Crippen molar-refractivity contribution in [2.75, 3.05) is 0 Å². The van der Waals surface area contributed by atoms with Gasteiger partial charge >= 0.3 is 0 Å². The normalized spacial score (nSPS) is 11.4. The average Bonchev–Trinajstić information content (AvgIpc) is 2.32. The van der Waals surface area contributed by atoms with Gasteiger partial charge in [-0.3, -0.25) is 4.55 Å². The van der Waals surface area contributed by atoms with E-state index in [1.54, 1.807) is 30.3 Å². The summed E-state index contributed by atoms with van der Waals surface area (Å²) in [4.78, 5) is -0.700. The Morgan fingerprint density at radius 3 is 2.06 bits per heavy atom. The van der Waals surface area contributed by atoms with Crippen molar-refractivity contribution in [1.82, 2.24) is 0 Å². The Kier molecular flexibility index (Phi) is 2.98. The fourth-order valence-electron chi connectivity index (χ4n) is 1.67. The molecule has 0 heterocycles. The minimum atomic E-state index is -4.64. The van der Waals surface area contributed by atoms with E-state index in [4.69, 9.17) is 4.55 Å². The summed E-state index contributed by atoms with van der Waals surface area (Å²) in [5.74, 6) is -1.47. The molecule has 3 N–H and O–H groups in total. The van der Waals surface area contributed by atoms with Crippen molar-refractivity contribution < 1.29 is 23.2 Å². The van der Waals surface area contributed by atoms with Crippen LogP contribution < -0.4 is 0 Å². The summed E-state index contributed by atoms with van der Waals surface area (Å²) in [6.45, 7) is 0. The monoisotopic (exact) mass is 266 g/mol. The maximum Gasteiger partial charge on any atom is 0.298 e. The highest BCUT2D eigenvalue weighted by atomic mass is 32.2. The van der Waals surface area contributed by atoms with Gasteiger partial charge in [0, 0.05) is 5.56 Å². The molecule has 0 aromatic heterocycles. The molecular formula is C12H10O5S. The molecule has 0 aliphatic heterocycles. The molecule has 0 saturated carbocycles. The van der Waals surface area contributed by atoms with Crippen LogP contribution in [0.15, 0.2) is 47.4 Å². The largest absolute Gasteiger partial charge is 0.504 e. The lowest BCUT2D eigenvalue weighted by Crippen LogP contribution is -2.01. The lowest BCUT2D eigenvalue weighted by Gasteiger charge is -2.10. The molecule has 0 fully saturated rings. The van der Waals surface area contributed by atoms with E-state index in [0.717, 1.165) is 6.07 Å². The summed E-state index contributed by atoms with van der Waals surface area (Å²) < 4.78 is 31.7. The lowest BCUT2D eigenvalue weighted by molar-refractivity contribution is 0.389. The molecule has 6 heteroatoms. The zero-order valence-electron chi connectivity index (χ0n) is 9.11. The third-order valence-corrected chi connectivity index (χ3v) is 3.38. The van der Waals surface area contributed by atoms with E-state index in [2.05, 4.69) is 0 Å². The number of rotatable bonds is 2. The molecule has 0 radical (unpaired) electrons. The van der Waals surface area contributed by atoms with E-state index in [9.17, 15) is 18.6 Å². The lowest BCUT2D eigenvalue weighted by atomic mass is 10.1. The van der Waals surface area contributed by atoms with Gasteiger partial charge in [0.1, 0.15) is 4.90 Å². The van der Waals surface area contributed by atoms with Crippen LogP contribution in [0.25, 0.3) is 11.1 Å². The van der Waals surface area contributed by atoms with E-state index in [1.165, 1.54) is 6.07 Å². The second-order valence-corrected chi connectivity index (χ2v) is 5.01. The van der Waals surface area contributed by atoms with Gasteiger partial charge in [-0.1, -0.05) is 30.3 Å².